The molecule has 3 aromatic carbocycles. The van der Waals surface area contributed by atoms with Crippen molar-refractivity contribution in [1.29, 1.82) is 0 Å². The third kappa shape index (κ3) is 4.06. The van der Waals surface area contributed by atoms with Crippen molar-refractivity contribution in [2.45, 2.75) is 6.54 Å². The zero-order valence-electron chi connectivity index (χ0n) is 17.3. The van der Waals surface area contributed by atoms with Crippen molar-refractivity contribution in [1.82, 2.24) is 19.7 Å². The third-order valence-corrected chi connectivity index (χ3v) is 5.18. The Hall–Kier alpha value is -4.45. The van der Waals surface area contributed by atoms with Crippen molar-refractivity contribution in [3.63, 3.8) is 0 Å². The van der Waals surface area contributed by atoms with Gasteiger partial charge in [-0.2, -0.15) is 0 Å². The smallest absolute Gasteiger partial charge is 0.251 e. The summed E-state index contributed by atoms with van der Waals surface area (Å²) >= 11 is 0. The van der Waals surface area contributed by atoms with Crippen molar-refractivity contribution in [2.24, 2.45) is 0 Å². The van der Waals surface area contributed by atoms with Gasteiger partial charge in [-0.1, -0.05) is 60.7 Å². The number of carbonyl (C=O) groups excluding carboxylic acids is 1. The number of hydrogen-bond donors (Lipinski definition) is 2. The summed E-state index contributed by atoms with van der Waals surface area (Å²) in [5, 5.41) is 6.41. The molecule has 0 fully saturated rings. The van der Waals surface area contributed by atoms with Crippen LogP contribution in [0.25, 0.3) is 16.9 Å². The quantitative estimate of drug-likeness (QED) is 0.403. The Morgan fingerprint density at radius 3 is 2.34 bits per heavy atom. The van der Waals surface area contributed by atoms with Gasteiger partial charge in [0.1, 0.15) is 11.5 Å². The highest BCUT2D eigenvalue weighted by molar-refractivity contribution is 5.94. The maximum Gasteiger partial charge on any atom is 0.251 e. The normalized spacial score (nSPS) is 10.8. The van der Waals surface area contributed by atoms with E-state index in [2.05, 4.69) is 15.6 Å². The molecule has 0 bridgehead atoms. The number of carbonyl (C=O) groups is 1. The van der Waals surface area contributed by atoms with Crippen LogP contribution in [0, 0.1) is 0 Å². The van der Waals surface area contributed by atoms with E-state index >= 15 is 0 Å². The first-order valence-corrected chi connectivity index (χ1v) is 10.3. The van der Waals surface area contributed by atoms with Crippen molar-refractivity contribution < 1.29 is 4.79 Å². The lowest BCUT2D eigenvalue weighted by molar-refractivity contribution is 0.0951. The summed E-state index contributed by atoms with van der Waals surface area (Å²) in [6.07, 6.45) is 5.34. The second-order valence-corrected chi connectivity index (χ2v) is 7.35. The molecule has 0 unspecified atom stereocenters. The monoisotopic (exact) mass is 419 g/mol. The molecule has 0 radical (unpaired) electrons. The summed E-state index contributed by atoms with van der Waals surface area (Å²) in [5.41, 5.74) is 5.14. The van der Waals surface area contributed by atoms with E-state index in [1.165, 1.54) is 0 Å². The van der Waals surface area contributed by atoms with Gasteiger partial charge >= 0.3 is 0 Å². The number of amides is 1. The second kappa shape index (κ2) is 8.73. The van der Waals surface area contributed by atoms with Gasteiger partial charge in [0.2, 0.25) is 0 Å². The summed E-state index contributed by atoms with van der Waals surface area (Å²) in [6, 6.07) is 27.3. The van der Waals surface area contributed by atoms with Crippen LogP contribution in [0.4, 0.5) is 11.5 Å². The molecule has 2 aromatic heterocycles. The first-order chi connectivity index (χ1) is 15.8. The van der Waals surface area contributed by atoms with Crippen molar-refractivity contribution in [3.8, 4) is 11.3 Å². The van der Waals surface area contributed by atoms with Gasteiger partial charge in [0.15, 0.2) is 5.65 Å². The Bertz CT molecular complexity index is 1350. The zero-order valence-corrected chi connectivity index (χ0v) is 17.3. The average Bonchev–Trinajstić information content (AvgIpc) is 3.22. The highest BCUT2D eigenvalue weighted by atomic mass is 16.1. The molecule has 2 N–H and O–H groups in total. The molecule has 156 valence electrons. The van der Waals surface area contributed by atoms with Crippen LogP contribution in [0.1, 0.15) is 15.9 Å². The molecule has 0 aliphatic rings. The van der Waals surface area contributed by atoms with Gasteiger partial charge in [-0.15, -0.1) is 0 Å². The lowest BCUT2D eigenvalue weighted by Crippen LogP contribution is -2.22. The van der Waals surface area contributed by atoms with E-state index in [0.717, 1.165) is 34.0 Å². The van der Waals surface area contributed by atoms with Gasteiger partial charge in [-0.3, -0.25) is 14.2 Å². The molecular weight excluding hydrogens is 398 g/mol. The van der Waals surface area contributed by atoms with Gasteiger partial charge in [-0.25, -0.2) is 4.98 Å². The summed E-state index contributed by atoms with van der Waals surface area (Å²) in [4.78, 5) is 21.4. The fourth-order valence-electron chi connectivity index (χ4n) is 3.55. The second-order valence-electron chi connectivity index (χ2n) is 7.35. The van der Waals surface area contributed by atoms with Crippen LogP contribution < -0.4 is 10.6 Å². The fourth-order valence-corrected chi connectivity index (χ4v) is 3.55. The maximum absolute atomic E-state index is 12.5. The first-order valence-electron chi connectivity index (χ1n) is 10.3. The molecule has 5 aromatic rings. The molecule has 0 saturated heterocycles. The number of imidazole rings is 1. The van der Waals surface area contributed by atoms with E-state index in [9.17, 15) is 4.79 Å². The topological polar surface area (TPSA) is 71.3 Å². The number of hydrogen-bond acceptors (Lipinski definition) is 4. The van der Waals surface area contributed by atoms with E-state index in [1.54, 1.807) is 12.4 Å². The van der Waals surface area contributed by atoms with Crippen molar-refractivity contribution >= 4 is 23.1 Å². The van der Waals surface area contributed by atoms with E-state index in [1.807, 2.05) is 95.5 Å². The molecule has 6 heteroatoms. The minimum absolute atomic E-state index is 0.105. The Morgan fingerprint density at radius 1 is 0.875 bits per heavy atom. The number of rotatable bonds is 6. The highest BCUT2D eigenvalue weighted by Gasteiger charge is 2.14. The SMILES string of the molecule is O=C(NCc1ccccc1)c1ccc(Nc2c(-c3ccccc3)nc3cnccn23)cc1. The van der Waals surface area contributed by atoms with E-state index in [0.29, 0.717) is 12.1 Å². The van der Waals surface area contributed by atoms with Gasteiger partial charge in [0, 0.05) is 35.8 Å². The summed E-state index contributed by atoms with van der Waals surface area (Å²) in [6.45, 7) is 0.496. The number of aromatic nitrogens is 3. The number of benzene rings is 3. The minimum atomic E-state index is -0.105. The molecular formula is C26H21N5O. The van der Waals surface area contributed by atoms with Crippen LogP contribution in [0.2, 0.25) is 0 Å². The Morgan fingerprint density at radius 2 is 1.59 bits per heavy atom. The van der Waals surface area contributed by atoms with E-state index < -0.39 is 0 Å². The predicted octanol–water partition coefficient (Wildman–Crippen LogP) is 5.07. The molecule has 0 spiro atoms. The Labute approximate surface area is 185 Å². The number of fused-ring (bicyclic) bond motifs is 1. The average molecular weight is 419 g/mol. The summed E-state index contributed by atoms with van der Waals surface area (Å²) in [5.74, 6) is 0.737. The van der Waals surface area contributed by atoms with Crippen LogP contribution in [0.5, 0.6) is 0 Å². The number of anilines is 2. The minimum Gasteiger partial charge on any atom is -0.348 e. The van der Waals surface area contributed by atoms with Gasteiger partial charge in [-0.05, 0) is 29.8 Å². The largest absolute Gasteiger partial charge is 0.348 e. The van der Waals surface area contributed by atoms with Crippen molar-refractivity contribution in [3.05, 3.63) is 115 Å². The molecule has 32 heavy (non-hydrogen) atoms. The Balaban J connectivity index is 1.37. The molecule has 2 heterocycles. The molecule has 6 nitrogen and oxygen atoms in total. The molecule has 0 aliphatic heterocycles. The van der Waals surface area contributed by atoms with Crippen LogP contribution in [0.15, 0.2) is 104 Å². The van der Waals surface area contributed by atoms with Crippen LogP contribution in [0.3, 0.4) is 0 Å². The number of nitrogens with one attached hydrogen (secondary N) is 2. The first kappa shape index (κ1) is 19.5. The lowest BCUT2D eigenvalue weighted by atomic mass is 10.1. The lowest BCUT2D eigenvalue weighted by Gasteiger charge is -2.10. The predicted molar refractivity (Wildman–Crippen MR) is 126 cm³/mol. The van der Waals surface area contributed by atoms with Crippen LogP contribution >= 0.6 is 0 Å². The maximum atomic E-state index is 12.5. The van der Waals surface area contributed by atoms with Crippen molar-refractivity contribution in [2.75, 3.05) is 5.32 Å². The zero-order chi connectivity index (χ0) is 21.8. The van der Waals surface area contributed by atoms with Gasteiger partial charge < -0.3 is 10.6 Å². The van der Waals surface area contributed by atoms with E-state index in [-0.39, 0.29) is 5.91 Å². The Kier molecular flexibility index (Phi) is 5.32. The van der Waals surface area contributed by atoms with E-state index in [4.69, 9.17) is 4.98 Å². The fraction of sp³-hybridized carbons (Fsp3) is 0.0385. The van der Waals surface area contributed by atoms with Crippen LogP contribution in [-0.4, -0.2) is 20.3 Å². The summed E-state index contributed by atoms with van der Waals surface area (Å²) < 4.78 is 1.97. The molecule has 5 rings (SSSR count). The highest BCUT2D eigenvalue weighted by Crippen LogP contribution is 2.30. The van der Waals surface area contributed by atoms with Gasteiger partial charge in [0.05, 0.1) is 6.20 Å². The standard InChI is InChI=1S/C26H21N5O/c32-26(28-17-19-7-3-1-4-8-19)21-11-13-22(14-12-21)29-25-24(20-9-5-2-6-10-20)30-23-18-27-15-16-31(23)25/h1-16,18,29H,17H2,(H,28,32). The third-order valence-electron chi connectivity index (χ3n) is 5.18. The molecule has 0 saturated carbocycles. The van der Waals surface area contributed by atoms with Gasteiger partial charge in [0.25, 0.3) is 5.91 Å². The molecule has 0 atom stereocenters. The van der Waals surface area contributed by atoms with Crippen LogP contribution in [-0.2, 0) is 6.54 Å². The molecule has 0 aliphatic carbocycles. The summed E-state index contributed by atoms with van der Waals surface area (Å²) in [7, 11) is 0. The molecule has 1 amide bonds. The number of nitrogens with zero attached hydrogens (tertiary/aromatic N) is 3.